The third-order valence-corrected chi connectivity index (χ3v) is 4.22. The van der Waals surface area contributed by atoms with Gasteiger partial charge in [-0.3, -0.25) is 0 Å². The number of aromatic nitrogens is 3. The lowest BCUT2D eigenvalue weighted by atomic mass is 10.2. The molecule has 1 aromatic heterocycles. The number of nitrogens with zero attached hydrogens (tertiary/aromatic N) is 3. The maximum Gasteiger partial charge on any atom is 0.216 e. The Bertz CT molecular complexity index is 981. The third-order valence-electron chi connectivity index (χ3n) is 3.46. The standard InChI is InChI=1S/C17H15BrN4O2S/c1-23-14-7-6-12(9-15(14)24-2)16-20-21-17(25)22(16)19-10-11-4-3-5-13(18)8-11/h3-10H,1-2H3,(H,21,25)/b19-10+. The minimum absolute atomic E-state index is 0.399. The fourth-order valence-electron chi connectivity index (χ4n) is 2.27. The Labute approximate surface area is 158 Å². The number of H-pyrrole nitrogens is 1. The summed E-state index contributed by atoms with van der Waals surface area (Å²) in [6.07, 6.45) is 1.72. The Morgan fingerprint density at radius 2 is 1.96 bits per heavy atom. The zero-order chi connectivity index (χ0) is 17.8. The fourth-order valence-corrected chi connectivity index (χ4v) is 2.87. The highest BCUT2D eigenvalue weighted by Crippen LogP contribution is 2.31. The Morgan fingerprint density at radius 1 is 1.16 bits per heavy atom. The monoisotopic (exact) mass is 418 g/mol. The molecule has 3 aromatic rings. The number of nitrogens with one attached hydrogen (secondary N) is 1. The van der Waals surface area contributed by atoms with E-state index in [0.717, 1.165) is 15.6 Å². The van der Waals surface area contributed by atoms with Gasteiger partial charge in [-0.25, -0.2) is 5.10 Å². The largest absolute Gasteiger partial charge is 0.493 e. The van der Waals surface area contributed by atoms with Gasteiger partial charge in [-0.1, -0.05) is 28.1 Å². The van der Waals surface area contributed by atoms with Crippen LogP contribution >= 0.6 is 28.1 Å². The van der Waals surface area contributed by atoms with Crippen LogP contribution in [0.1, 0.15) is 5.56 Å². The fraction of sp³-hybridized carbons (Fsp3) is 0.118. The van der Waals surface area contributed by atoms with Crippen molar-refractivity contribution in [3.8, 4) is 22.9 Å². The van der Waals surface area contributed by atoms with Gasteiger partial charge in [0.05, 0.1) is 20.4 Å². The molecule has 0 amide bonds. The van der Waals surface area contributed by atoms with Crippen LogP contribution in [0, 0.1) is 4.77 Å². The topological polar surface area (TPSA) is 64.4 Å². The van der Waals surface area contributed by atoms with E-state index in [0.29, 0.717) is 22.1 Å². The number of methoxy groups -OCH3 is 2. The molecule has 128 valence electrons. The predicted molar refractivity (Wildman–Crippen MR) is 103 cm³/mol. The molecule has 2 aromatic carbocycles. The van der Waals surface area contributed by atoms with E-state index in [1.807, 2.05) is 42.5 Å². The number of hydrogen-bond donors (Lipinski definition) is 1. The summed E-state index contributed by atoms with van der Waals surface area (Å²) in [5, 5.41) is 11.5. The molecule has 0 aliphatic carbocycles. The summed E-state index contributed by atoms with van der Waals surface area (Å²) in [6, 6.07) is 13.3. The molecule has 1 N–H and O–H groups in total. The molecule has 0 atom stereocenters. The van der Waals surface area contributed by atoms with Crippen molar-refractivity contribution in [2.75, 3.05) is 14.2 Å². The van der Waals surface area contributed by atoms with Crippen molar-refractivity contribution in [1.29, 1.82) is 0 Å². The van der Waals surface area contributed by atoms with Crippen LogP contribution in [0.15, 0.2) is 52.0 Å². The summed E-state index contributed by atoms with van der Waals surface area (Å²) in [6.45, 7) is 0. The van der Waals surface area contributed by atoms with Crippen molar-refractivity contribution in [2.24, 2.45) is 5.10 Å². The first-order valence-corrected chi connectivity index (χ1v) is 8.52. The average molecular weight is 419 g/mol. The molecule has 8 heteroatoms. The van der Waals surface area contributed by atoms with E-state index in [1.54, 1.807) is 25.1 Å². The molecule has 0 saturated carbocycles. The van der Waals surface area contributed by atoms with Gasteiger partial charge in [0.1, 0.15) is 0 Å². The molecule has 0 radical (unpaired) electrons. The minimum Gasteiger partial charge on any atom is -0.493 e. The number of benzene rings is 2. The van der Waals surface area contributed by atoms with Crippen LogP contribution in [-0.4, -0.2) is 35.3 Å². The highest BCUT2D eigenvalue weighted by molar-refractivity contribution is 9.10. The first-order valence-electron chi connectivity index (χ1n) is 7.32. The molecule has 0 unspecified atom stereocenters. The number of halogens is 1. The van der Waals surface area contributed by atoms with E-state index in [4.69, 9.17) is 21.7 Å². The molecule has 6 nitrogen and oxygen atoms in total. The Hall–Kier alpha value is -2.45. The lowest BCUT2D eigenvalue weighted by molar-refractivity contribution is 0.355. The van der Waals surface area contributed by atoms with Gasteiger partial charge in [-0.15, -0.1) is 0 Å². The molecule has 1 heterocycles. The van der Waals surface area contributed by atoms with Crippen LogP contribution in [0.5, 0.6) is 11.5 Å². The molecule has 0 saturated heterocycles. The van der Waals surface area contributed by atoms with Crippen molar-refractivity contribution in [2.45, 2.75) is 0 Å². The normalized spacial score (nSPS) is 11.0. The van der Waals surface area contributed by atoms with Crippen LogP contribution < -0.4 is 9.47 Å². The van der Waals surface area contributed by atoms with Gasteiger partial charge in [-0.05, 0) is 48.1 Å². The number of hydrogen-bond acceptors (Lipinski definition) is 5. The smallest absolute Gasteiger partial charge is 0.216 e. The van der Waals surface area contributed by atoms with E-state index in [2.05, 4.69) is 31.2 Å². The molecule has 0 fully saturated rings. The lowest BCUT2D eigenvalue weighted by Gasteiger charge is -2.09. The maximum absolute atomic E-state index is 5.35. The quantitative estimate of drug-likeness (QED) is 0.496. The van der Waals surface area contributed by atoms with Gasteiger partial charge in [0.15, 0.2) is 17.3 Å². The summed E-state index contributed by atoms with van der Waals surface area (Å²) in [4.78, 5) is 0. The molecule has 0 aliphatic rings. The zero-order valence-electron chi connectivity index (χ0n) is 13.6. The average Bonchev–Trinajstić information content (AvgIpc) is 3.00. The van der Waals surface area contributed by atoms with Crippen LogP contribution in [-0.2, 0) is 0 Å². The van der Waals surface area contributed by atoms with Crippen LogP contribution in [0.3, 0.4) is 0 Å². The molecule has 0 bridgehead atoms. The summed E-state index contributed by atoms with van der Waals surface area (Å²) in [5.41, 5.74) is 1.74. The van der Waals surface area contributed by atoms with E-state index in [1.165, 1.54) is 0 Å². The second-order valence-corrected chi connectivity index (χ2v) is 6.34. The van der Waals surface area contributed by atoms with Crippen LogP contribution in [0.2, 0.25) is 0 Å². The van der Waals surface area contributed by atoms with Gasteiger partial charge in [-0.2, -0.15) is 14.9 Å². The van der Waals surface area contributed by atoms with Crippen LogP contribution in [0.4, 0.5) is 0 Å². The van der Waals surface area contributed by atoms with Gasteiger partial charge >= 0.3 is 0 Å². The molecule has 25 heavy (non-hydrogen) atoms. The minimum atomic E-state index is 0.399. The second kappa shape index (κ2) is 7.62. The van der Waals surface area contributed by atoms with E-state index >= 15 is 0 Å². The van der Waals surface area contributed by atoms with Gasteiger partial charge < -0.3 is 9.47 Å². The first kappa shape index (κ1) is 17.4. The third kappa shape index (κ3) is 3.80. The summed E-state index contributed by atoms with van der Waals surface area (Å²) < 4.78 is 13.6. The summed E-state index contributed by atoms with van der Waals surface area (Å²) >= 11 is 8.73. The summed E-state index contributed by atoms with van der Waals surface area (Å²) in [7, 11) is 3.18. The molecule has 3 rings (SSSR count). The SMILES string of the molecule is COc1ccc(-c2n[nH]c(=S)n2/N=C/c2cccc(Br)c2)cc1OC. The van der Waals surface area contributed by atoms with Crippen LogP contribution in [0.25, 0.3) is 11.4 Å². The van der Waals surface area contributed by atoms with Crippen molar-refractivity contribution < 1.29 is 9.47 Å². The highest BCUT2D eigenvalue weighted by atomic mass is 79.9. The number of ether oxygens (including phenoxy) is 2. The van der Waals surface area contributed by atoms with Gasteiger partial charge in [0.25, 0.3) is 0 Å². The lowest BCUT2D eigenvalue weighted by Crippen LogP contribution is -1.96. The number of rotatable bonds is 5. The van der Waals surface area contributed by atoms with Crippen molar-refractivity contribution in [1.82, 2.24) is 14.9 Å². The van der Waals surface area contributed by atoms with Crippen molar-refractivity contribution in [3.63, 3.8) is 0 Å². The molecular formula is C17H15BrN4O2S. The van der Waals surface area contributed by atoms with E-state index in [-0.39, 0.29) is 0 Å². The highest BCUT2D eigenvalue weighted by Gasteiger charge is 2.12. The molecule has 0 aliphatic heterocycles. The Balaban J connectivity index is 2.01. The van der Waals surface area contributed by atoms with Crippen molar-refractivity contribution >= 4 is 34.4 Å². The predicted octanol–water partition coefficient (Wildman–Crippen LogP) is 4.27. The second-order valence-electron chi connectivity index (χ2n) is 5.03. The Kier molecular flexibility index (Phi) is 5.30. The van der Waals surface area contributed by atoms with E-state index in [9.17, 15) is 0 Å². The van der Waals surface area contributed by atoms with Crippen molar-refractivity contribution in [3.05, 3.63) is 57.3 Å². The summed E-state index contributed by atoms with van der Waals surface area (Å²) in [5.74, 6) is 1.83. The molecular weight excluding hydrogens is 404 g/mol. The molecule has 0 spiro atoms. The van der Waals surface area contributed by atoms with Gasteiger partial charge in [0.2, 0.25) is 4.77 Å². The zero-order valence-corrected chi connectivity index (χ0v) is 16.0. The number of aromatic amines is 1. The van der Waals surface area contributed by atoms with Gasteiger partial charge in [0, 0.05) is 10.0 Å². The maximum atomic E-state index is 5.35. The Morgan fingerprint density at radius 3 is 2.68 bits per heavy atom. The first-order chi connectivity index (χ1) is 12.1. The van der Waals surface area contributed by atoms with E-state index < -0.39 is 0 Å².